The molecule has 0 unspecified atom stereocenters. The van der Waals surface area contributed by atoms with Gasteiger partial charge in [0.15, 0.2) is 0 Å². The van der Waals surface area contributed by atoms with Gasteiger partial charge in [-0.25, -0.2) is 8.78 Å². The van der Waals surface area contributed by atoms with Gasteiger partial charge in [0.25, 0.3) is 0 Å². The van der Waals surface area contributed by atoms with Crippen molar-refractivity contribution in [3.63, 3.8) is 0 Å². The molecule has 0 radical (unpaired) electrons. The smallest absolute Gasteiger partial charge is 0.126 e. The van der Waals surface area contributed by atoms with Crippen LogP contribution in [0.5, 0.6) is 0 Å². The van der Waals surface area contributed by atoms with Gasteiger partial charge in [-0.05, 0) is 41.5 Å². The predicted octanol–water partition coefficient (Wildman–Crippen LogP) is 3.66. The minimum Gasteiger partial charge on any atom is -0.313 e. The van der Waals surface area contributed by atoms with Gasteiger partial charge in [-0.1, -0.05) is 29.0 Å². The molecule has 4 heteroatoms. The third-order valence-corrected chi connectivity index (χ3v) is 3.00. The zero-order chi connectivity index (χ0) is 11.8. The Morgan fingerprint density at radius 1 is 1.00 bits per heavy atom. The fourth-order valence-electron chi connectivity index (χ4n) is 1.47. The second kappa shape index (κ2) is 7.95. The van der Waals surface area contributed by atoms with Gasteiger partial charge in [0.1, 0.15) is 11.6 Å². The number of nitrogens with one attached hydrogen (secondary N) is 1. The van der Waals surface area contributed by atoms with Gasteiger partial charge < -0.3 is 5.32 Å². The largest absolute Gasteiger partial charge is 0.313 e. The number of halogens is 3. The average Bonchev–Trinajstić information content (AvgIpc) is 2.22. The lowest BCUT2D eigenvalue weighted by Crippen LogP contribution is -2.14. The first kappa shape index (κ1) is 13.8. The molecule has 1 nitrogen and oxygen atoms in total. The first-order chi connectivity index (χ1) is 7.72. The van der Waals surface area contributed by atoms with Crippen molar-refractivity contribution in [2.24, 2.45) is 0 Å². The van der Waals surface area contributed by atoms with Gasteiger partial charge in [0, 0.05) is 12.6 Å². The maximum Gasteiger partial charge on any atom is 0.126 e. The van der Waals surface area contributed by atoms with Crippen LogP contribution in [-0.2, 0) is 6.54 Å². The fourth-order valence-corrected chi connectivity index (χ4v) is 2.01. The summed E-state index contributed by atoms with van der Waals surface area (Å²) in [6, 6.07) is 3.62. The van der Waals surface area contributed by atoms with Crippen molar-refractivity contribution >= 4 is 22.6 Å². The van der Waals surface area contributed by atoms with Crippen LogP contribution in [-0.4, -0.2) is 11.0 Å². The maximum absolute atomic E-state index is 12.8. The van der Waals surface area contributed by atoms with Crippen molar-refractivity contribution < 1.29 is 8.78 Å². The summed E-state index contributed by atoms with van der Waals surface area (Å²) in [6.07, 6.45) is 3.55. The van der Waals surface area contributed by atoms with Gasteiger partial charge in [0.05, 0.1) is 0 Å². The van der Waals surface area contributed by atoms with E-state index in [0.29, 0.717) is 12.1 Å². The molecule has 0 bridgehead atoms. The number of unbranched alkanes of at least 4 members (excludes halogenated alkanes) is 2. The van der Waals surface area contributed by atoms with Crippen LogP contribution in [0.15, 0.2) is 18.2 Å². The lowest BCUT2D eigenvalue weighted by Gasteiger charge is -2.05. The summed E-state index contributed by atoms with van der Waals surface area (Å²) in [7, 11) is 0. The lowest BCUT2D eigenvalue weighted by atomic mass is 10.2. The number of benzene rings is 1. The molecule has 16 heavy (non-hydrogen) atoms. The van der Waals surface area contributed by atoms with E-state index in [1.807, 2.05) is 0 Å². The molecule has 1 rings (SSSR count). The molecule has 90 valence electrons. The van der Waals surface area contributed by atoms with Crippen LogP contribution in [0.25, 0.3) is 0 Å². The molecule has 1 N–H and O–H groups in total. The lowest BCUT2D eigenvalue weighted by molar-refractivity contribution is 0.571. The van der Waals surface area contributed by atoms with Gasteiger partial charge in [-0.15, -0.1) is 0 Å². The van der Waals surface area contributed by atoms with Crippen molar-refractivity contribution in [1.29, 1.82) is 0 Å². The Morgan fingerprint density at radius 2 is 1.69 bits per heavy atom. The number of alkyl halides is 1. The first-order valence-corrected chi connectivity index (χ1v) is 6.96. The SMILES string of the molecule is Fc1cc(F)cc(CNCCCCCI)c1. The number of hydrogen-bond donors (Lipinski definition) is 1. The summed E-state index contributed by atoms with van der Waals surface area (Å²) < 4.78 is 26.9. The topological polar surface area (TPSA) is 12.0 Å². The van der Waals surface area contributed by atoms with E-state index in [4.69, 9.17) is 0 Å². The summed E-state index contributed by atoms with van der Waals surface area (Å²) in [6.45, 7) is 1.42. The van der Waals surface area contributed by atoms with Crippen molar-refractivity contribution in [1.82, 2.24) is 5.32 Å². The van der Waals surface area contributed by atoms with E-state index < -0.39 is 11.6 Å². The summed E-state index contributed by atoms with van der Waals surface area (Å²) in [5.41, 5.74) is 0.659. The number of rotatable bonds is 7. The van der Waals surface area contributed by atoms with Crippen LogP contribution < -0.4 is 5.32 Å². The van der Waals surface area contributed by atoms with Crippen LogP contribution >= 0.6 is 22.6 Å². The average molecular weight is 339 g/mol. The Balaban J connectivity index is 2.21. The van der Waals surface area contributed by atoms with Crippen molar-refractivity contribution in [3.8, 4) is 0 Å². The van der Waals surface area contributed by atoms with E-state index >= 15 is 0 Å². The second-order valence-electron chi connectivity index (χ2n) is 3.70. The van der Waals surface area contributed by atoms with E-state index in [-0.39, 0.29) is 0 Å². The first-order valence-electron chi connectivity index (χ1n) is 5.44. The highest BCUT2D eigenvalue weighted by molar-refractivity contribution is 14.1. The molecule has 0 heterocycles. The summed E-state index contributed by atoms with van der Waals surface area (Å²) in [5, 5.41) is 3.18. The Kier molecular flexibility index (Phi) is 6.87. The molecule has 0 aliphatic carbocycles. The minimum absolute atomic E-state index is 0.512. The molecule has 1 aromatic rings. The highest BCUT2D eigenvalue weighted by Crippen LogP contribution is 2.07. The second-order valence-corrected chi connectivity index (χ2v) is 4.78. The Bertz CT molecular complexity index is 298. The summed E-state index contributed by atoms with van der Waals surface area (Å²) >= 11 is 2.36. The van der Waals surface area contributed by atoms with Crippen molar-refractivity contribution in [3.05, 3.63) is 35.4 Å². The molecular formula is C12H16F2IN. The van der Waals surface area contributed by atoms with Gasteiger partial charge in [-0.2, -0.15) is 0 Å². The summed E-state index contributed by atoms with van der Waals surface area (Å²) in [4.78, 5) is 0. The molecule has 0 saturated carbocycles. The molecule has 0 aliphatic heterocycles. The molecule has 0 amide bonds. The molecule has 0 aliphatic rings. The molecule has 0 atom stereocenters. The Hall–Kier alpha value is -0.230. The summed E-state index contributed by atoms with van der Waals surface area (Å²) in [5.74, 6) is -1.02. The Morgan fingerprint density at radius 3 is 2.31 bits per heavy atom. The van der Waals surface area contributed by atoms with Crippen LogP contribution in [0.3, 0.4) is 0 Å². The molecule has 0 fully saturated rings. The van der Waals surface area contributed by atoms with Gasteiger partial charge in [0.2, 0.25) is 0 Å². The van der Waals surface area contributed by atoms with Crippen LogP contribution in [0.4, 0.5) is 8.78 Å². The molecule has 0 aromatic heterocycles. The van der Waals surface area contributed by atoms with Crippen LogP contribution in [0.2, 0.25) is 0 Å². The van der Waals surface area contributed by atoms with Crippen molar-refractivity contribution in [2.75, 3.05) is 11.0 Å². The monoisotopic (exact) mass is 339 g/mol. The third-order valence-electron chi connectivity index (χ3n) is 2.24. The fraction of sp³-hybridized carbons (Fsp3) is 0.500. The standard InChI is InChI=1S/C12H16F2IN/c13-11-6-10(7-12(14)8-11)9-16-5-3-1-2-4-15/h6-8,16H,1-5,9H2. The van der Waals surface area contributed by atoms with E-state index in [1.54, 1.807) is 0 Å². The van der Waals surface area contributed by atoms with E-state index in [1.165, 1.54) is 29.4 Å². The minimum atomic E-state index is -0.512. The molecular weight excluding hydrogens is 323 g/mol. The van der Waals surface area contributed by atoms with Crippen LogP contribution in [0.1, 0.15) is 24.8 Å². The zero-order valence-corrected chi connectivity index (χ0v) is 11.3. The van der Waals surface area contributed by atoms with Crippen LogP contribution in [0, 0.1) is 11.6 Å². The Labute approximate surface area is 109 Å². The predicted molar refractivity (Wildman–Crippen MR) is 70.8 cm³/mol. The van der Waals surface area contributed by atoms with Gasteiger partial charge >= 0.3 is 0 Å². The molecule has 0 spiro atoms. The maximum atomic E-state index is 12.8. The quantitative estimate of drug-likeness (QED) is 0.454. The third kappa shape index (κ3) is 5.75. The highest BCUT2D eigenvalue weighted by atomic mass is 127. The normalized spacial score (nSPS) is 10.7. The van der Waals surface area contributed by atoms with Gasteiger partial charge in [-0.3, -0.25) is 0 Å². The molecule has 1 aromatic carbocycles. The van der Waals surface area contributed by atoms with E-state index in [9.17, 15) is 8.78 Å². The van der Waals surface area contributed by atoms with Crippen molar-refractivity contribution in [2.45, 2.75) is 25.8 Å². The zero-order valence-electron chi connectivity index (χ0n) is 9.11. The van der Waals surface area contributed by atoms with E-state index in [0.717, 1.165) is 19.0 Å². The molecule has 0 saturated heterocycles. The van der Waals surface area contributed by atoms with E-state index in [2.05, 4.69) is 27.9 Å². The highest BCUT2D eigenvalue weighted by Gasteiger charge is 1.99. The number of hydrogen-bond acceptors (Lipinski definition) is 1.